The van der Waals surface area contributed by atoms with Gasteiger partial charge in [-0.3, -0.25) is 24.5 Å². The molecule has 258 valence electrons. The molecule has 12 heteroatoms. The average Bonchev–Trinajstić information content (AvgIpc) is 3.63. The number of thioether (sulfide) groups is 1. The van der Waals surface area contributed by atoms with Gasteiger partial charge >= 0.3 is 0 Å². The summed E-state index contributed by atoms with van der Waals surface area (Å²) in [5.41, 5.74) is 4.03. The van der Waals surface area contributed by atoms with Crippen LogP contribution in [0.15, 0.2) is 149 Å². The maximum atomic E-state index is 13.8. The van der Waals surface area contributed by atoms with E-state index in [1.54, 1.807) is 54.6 Å². The van der Waals surface area contributed by atoms with Gasteiger partial charge in [-0.05, 0) is 55.0 Å². The fraction of sp³-hybridized carbons (Fsp3) is 0.0500. The van der Waals surface area contributed by atoms with E-state index < -0.39 is 22.0 Å². The minimum atomic E-state index is -0.699. The van der Waals surface area contributed by atoms with Crippen molar-refractivity contribution < 1.29 is 19.3 Å². The lowest BCUT2D eigenvalue weighted by atomic mass is 10.1. The van der Waals surface area contributed by atoms with Gasteiger partial charge in [-0.2, -0.15) is 0 Å². The summed E-state index contributed by atoms with van der Waals surface area (Å²) in [4.78, 5) is 57.1. The summed E-state index contributed by atoms with van der Waals surface area (Å²) >= 11 is 2.63. The molecule has 6 rings (SSSR count). The first-order chi connectivity index (χ1) is 25.2. The summed E-state index contributed by atoms with van der Waals surface area (Å²) in [6.07, 6.45) is 1.27. The highest BCUT2D eigenvalue weighted by Gasteiger charge is 2.24. The number of hydrogen-bond donors (Lipinski definition) is 3. The lowest BCUT2D eigenvalue weighted by Gasteiger charge is -2.17. The Labute approximate surface area is 307 Å². The normalized spacial score (nSPS) is 11.7. The van der Waals surface area contributed by atoms with Gasteiger partial charge in [-0.1, -0.05) is 96.6 Å². The number of aromatic nitrogens is 1. The van der Waals surface area contributed by atoms with Gasteiger partial charge in [0.15, 0.2) is 5.13 Å². The lowest BCUT2D eigenvalue weighted by molar-refractivity contribution is -0.385. The van der Waals surface area contributed by atoms with E-state index in [4.69, 9.17) is 0 Å². The summed E-state index contributed by atoms with van der Waals surface area (Å²) in [6.45, 7) is 2.02. The van der Waals surface area contributed by atoms with Crippen LogP contribution in [0, 0.1) is 17.0 Å². The molecule has 0 radical (unpaired) electrons. The van der Waals surface area contributed by atoms with Crippen LogP contribution >= 0.6 is 23.1 Å². The number of aryl methyl sites for hydroxylation is 1. The van der Waals surface area contributed by atoms with E-state index in [1.807, 2.05) is 73.0 Å². The van der Waals surface area contributed by atoms with Gasteiger partial charge in [0.2, 0.25) is 5.91 Å². The van der Waals surface area contributed by atoms with Crippen LogP contribution in [0.25, 0.3) is 17.3 Å². The highest BCUT2D eigenvalue weighted by atomic mass is 32.2. The summed E-state index contributed by atoms with van der Waals surface area (Å²) < 4.78 is 0. The number of carbonyl (C=O) groups excluding carboxylic acids is 3. The van der Waals surface area contributed by atoms with Crippen molar-refractivity contribution in [3.63, 3.8) is 0 Å². The number of thiazole rings is 1. The predicted molar refractivity (Wildman–Crippen MR) is 206 cm³/mol. The lowest BCUT2D eigenvalue weighted by Crippen LogP contribution is -2.30. The Morgan fingerprint density at radius 1 is 0.827 bits per heavy atom. The first-order valence-electron chi connectivity index (χ1n) is 16.0. The number of benzene rings is 5. The van der Waals surface area contributed by atoms with Gasteiger partial charge in [0.1, 0.15) is 10.9 Å². The van der Waals surface area contributed by atoms with E-state index >= 15 is 0 Å². The van der Waals surface area contributed by atoms with Crippen LogP contribution in [0.2, 0.25) is 0 Å². The van der Waals surface area contributed by atoms with Crippen LogP contribution < -0.4 is 16.0 Å². The molecular formula is C40H31N5O5S2. The van der Waals surface area contributed by atoms with Crippen molar-refractivity contribution in [2.45, 2.75) is 17.1 Å². The minimum Gasteiger partial charge on any atom is -0.321 e. The van der Waals surface area contributed by atoms with Crippen molar-refractivity contribution >= 4 is 63.4 Å². The van der Waals surface area contributed by atoms with Crippen molar-refractivity contribution in [3.05, 3.63) is 177 Å². The van der Waals surface area contributed by atoms with Gasteiger partial charge in [0.25, 0.3) is 17.5 Å². The molecule has 3 amide bonds. The number of nitrogens with zero attached hydrogens (tertiary/aromatic N) is 2. The molecule has 1 aromatic heterocycles. The number of nitro benzene ring substituents is 1. The Morgan fingerprint density at radius 2 is 1.52 bits per heavy atom. The molecule has 1 unspecified atom stereocenters. The van der Waals surface area contributed by atoms with Gasteiger partial charge in [-0.15, -0.1) is 23.1 Å². The Morgan fingerprint density at radius 3 is 2.25 bits per heavy atom. The topological polar surface area (TPSA) is 143 Å². The fourth-order valence-electron chi connectivity index (χ4n) is 5.12. The molecule has 0 saturated heterocycles. The minimum absolute atomic E-state index is 0.137. The molecule has 0 fully saturated rings. The van der Waals surface area contributed by atoms with Crippen LogP contribution in [0.1, 0.15) is 32.3 Å². The van der Waals surface area contributed by atoms with E-state index in [1.165, 1.54) is 47.4 Å². The maximum Gasteiger partial charge on any atom is 0.276 e. The van der Waals surface area contributed by atoms with Gasteiger partial charge in [0, 0.05) is 33.2 Å². The summed E-state index contributed by atoms with van der Waals surface area (Å²) in [5.74, 6) is -1.53. The molecule has 3 N–H and O–H groups in total. The number of amides is 3. The maximum absolute atomic E-state index is 13.8. The number of nitro groups is 1. The van der Waals surface area contributed by atoms with E-state index in [-0.39, 0.29) is 22.9 Å². The molecule has 0 spiro atoms. The zero-order valence-electron chi connectivity index (χ0n) is 27.7. The van der Waals surface area contributed by atoms with Gasteiger partial charge in [0.05, 0.1) is 16.2 Å². The second kappa shape index (κ2) is 16.6. The van der Waals surface area contributed by atoms with Crippen LogP contribution in [0.5, 0.6) is 0 Å². The Balaban J connectivity index is 1.23. The molecule has 1 heterocycles. The number of para-hydroxylation sites is 1. The van der Waals surface area contributed by atoms with Crippen LogP contribution in [0.3, 0.4) is 0 Å². The van der Waals surface area contributed by atoms with Gasteiger partial charge in [-0.25, -0.2) is 4.98 Å². The zero-order chi connectivity index (χ0) is 36.5. The van der Waals surface area contributed by atoms with Crippen molar-refractivity contribution in [1.82, 2.24) is 10.3 Å². The third-order valence-corrected chi connectivity index (χ3v) is 9.74. The Bertz CT molecular complexity index is 2260. The van der Waals surface area contributed by atoms with E-state index in [0.29, 0.717) is 21.3 Å². The van der Waals surface area contributed by atoms with Gasteiger partial charge < -0.3 is 16.0 Å². The molecule has 1 atom stereocenters. The van der Waals surface area contributed by atoms with Crippen LogP contribution in [-0.2, 0) is 9.59 Å². The Kier molecular flexibility index (Phi) is 11.3. The predicted octanol–water partition coefficient (Wildman–Crippen LogP) is 8.91. The molecule has 6 aromatic rings. The second-order valence-corrected chi connectivity index (χ2v) is 13.5. The van der Waals surface area contributed by atoms with Crippen LogP contribution in [-0.4, -0.2) is 27.6 Å². The standard InChI is InChI=1S/C40H31N5O5S2/c1-26-19-21-27(22-20-26)34-25-51-40(43-34)44-39(48)36(28-11-4-2-5-12-28)52-32-17-10-16-31(24-32)41-38(47)33(42-37(46)29-13-6-3-7-14-29)23-30-15-8-9-18-35(30)45(49)50/h2-25,36H,1H3,(H,41,47)(H,42,46)(H,43,44,48)/b33-23+. The molecule has 5 aromatic carbocycles. The summed E-state index contributed by atoms with van der Waals surface area (Å²) in [6, 6.07) is 38.5. The van der Waals surface area contributed by atoms with Crippen molar-refractivity contribution in [1.29, 1.82) is 0 Å². The molecule has 0 aliphatic rings. The van der Waals surface area contributed by atoms with E-state index in [9.17, 15) is 24.5 Å². The van der Waals surface area contributed by atoms with E-state index in [2.05, 4.69) is 20.9 Å². The van der Waals surface area contributed by atoms with Crippen molar-refractivity contribution in [2.24, 2.45) is 0 Å². The SMILES string of the molecule is Cc1ccc(-c2csc(NC(=O)C(Sc3cccc(NC(=O)/C(=C\c4ccccc4[N+](=O)[O-])NC(=O)c4ccccc4)c3)c3ccccc3)n2)cc1. The summed E-state index contributed by atoms with van der Waals surface area (Å²) in [7, 11) is 0. The van der Waals surface area contributed by atoms with Crippen molar-refractivity contribution in [2.75, 3.05) is 10.6 Å². The van der Waals surface area contributed by atoms with Crippen LogP contribution in [0.4, 0.5) is 16.5 Å². The number of anilines is 2. The number of carbonyl (C=O) groups is 3. The highest BCUT2D eigenvalue weighted by Crippen LogP contribution is 2.38. The van der Waals surface area contributed by atoms with E-state index in [0.717, 1.165) is 22.4 Å². The smallest absolute Gasteiger partial charge is 0.276 e. The highest BCUT2D eigenvalue weighted by molar-refractivity contribution is 8.00. The summed E-state index contributed by atoms with van der Waals surface area (Å²) in [5, 5.41) is 21.8. The number of hydrogen-bond acceptors (Lipinski definition) is 8. The molecule has 0 aliphatic carbocycles. The number of nitrogens with one attached hydrogen (secondary N) is 3. The molecule has 0 saturated carbocycles. The molecule has 0 bridgehead atoms. The zero-order valence-corrected chi connectivity index (χ0v) is 29.3. The third-order valence-electron chi connectivity index (χ3n) is 7.73. The monoisotopic (exact) mass is 725 g/mol. The quantitative estimate of drug-likeness (QED) is 0.0495. The molecular weight excluding hydrogens is 695 g/mol. The second-order valence-electron chi connectivity index (χ2n) is 11.5. The first-order valence-corrected chi connectivity index (χ1v) is 17.8. The fourth-order valence-corrected chi connectivity index (χ4v) is 6.92. The number of rotatable bonds is 12. The molecule has 10 nitrogen and oxygen atoms in total. The Hall–Kier alpha value is -6.37. The molecule has 52 heavy (non-hydrogen) atoms. The largest absolute Gasteiger partial charge is 0.321 e. The average molecular weight is 726 g/mol. The first kappa shape index (κ1) is 35.5. The molecule has 0 aliphatic heterocycles. The van der Waals surface area contributed by atoms with Crippen molar-refractivity contribution in [3.8, 4) is 11.3 Å². The third kappa shape index (κ3) is 9.04.